The third-order valence-electron chi connectivity index (χ3n) is 3.53. The number of nitrogens with two attached hydrogens (primary N) is 1. The number of guanidine groups is 1. The minimum Gasteiger partial charge on any atom is -0.462 e. The zero-order chi connectivity index (χ0) is 17.4. The highest BCUT2D eigenvalue weighted by Crippen LogP contribution is 2.10. The molecule has 0 saturated heterocycles. The van der Waals surface area contributed by atoms with Crippen molar-refractivity contribution in [2.75, 3.05) is 11.9 Å². The highest BCUT2D eigenvalue weighted by molar-refractivity contribution is 5.92. The second kappa shape index (κ2) is 8.72. The molecule has 24 heavy (non-hydrogen) atoms. The average Bonchev–Trinajstić information content (AvgIpc) is 2.61. The Morgan fingerprint density at radius 1 is 1.04 bits per heavy atom. The molecule has 0 aliphatic heterocycles. The zero-order valence-corrected chi connectivity index (χ0v) is 14.1. The zero-order valence-electron chi connectivity index (χ0n) is 14.1. The summed E-state index contributed by atoms with van der Waals surface area (Å²) < 4.78 is 4.95. The summed E-state index contributed by atoms with van der Waals surface area (Å²) in [5.41, 5.74) is 9.59. The molecule has 0 atom stereocenters. The Morgan fingerprint density at radius 3 is 2.25 bits per heavy atom. The smallest absolute Gasteiger partial charge is 0.338 e. The van der Waals surface area contributed by atoms with Crippen molar-refractivity contribution >= 4 is 17.6 Å². The summed E-state index contributed by atoms with van der Waals surface area (Å²) in [4.78, 5) is 15.9. The molecule has 0 spiro atoms. The summed E-state index contributed by atoms with van der Waals surface area (Å²) >= 11 is 0. The number of aryl methyl sites for hydroxylation is 1. The SMILES string of the molecule is CCOC(=O)c1ccc(CN=C(N)Nc2ccc(CC)cc2)cc1. The summed E-state index contributed by atoms with van der Waals surface area (Å²) in [5, 5.41) is 3.06. The van der Waals surface area contributed by atoms with Crippen LogP contribution in [0.1, 0.15) is 35.3 Å². The van der Waals surface area contributed by atoms with Gasteiger partial charge in [-0.05, 0) is 48.7 Å². The maximum atomic E-state index is 11.6. The maximum absolute atomic E-state index is 11.6. The number of esters is 1. The summed E-state index contributed by atoms with van der Waals surface area (Å²) in [6, 6.07) is 15.2. The standard InChI is InChI=1S/C19H23N3O2/c1-3-14-7-11-17(12-8-14)22-19(20)21-13-15-5-9-16(10-6-15)18(23)24-4-2/h5-12H,3-4,13H2,1-2H3,(H3,20,21,22). The quantitative estimate of drug-likeness (QED) is 0.485. The molecule has 0 amide bonds. The van der Waals surface area contributed by atoms with Gasteiger partial charge in [0.1, 0.15) is 0 Å². The first-order valence-corrected chi connectivity index (χ1v) is 8.04. The van der Waals surface area contributed by atoms with Gasteiger partial charge in [-0.2, -0.15) is 0 Å². The van der Waals surface area contributed by atoms with E-state index in [0.29, 0.717) is 24.7 Å². The van der Waals surface area contributed by atoms with Crippen molar-refractivity contribution in [1.82, 2.24) is 0 Å². The number of rotatable bonds is 6. The number of hydrogen-bond acceptors (Lipinski definition) is 3. The monoisotopic (exact) mass is 325 g/mol. The van der Waals surface area contributed by atoms with Crippen LogP contribution >= 0.6 is 0 Å². The van der Waals surface area contributed by atoms with Gasteiger partial charge in [0.05, 0.1) is 18.7 Å². The van der Waals surface area contributed by atoms with Gasteiger partial charge >= 0.3 is 5.97 Å². The number of benzene rings is 2. The van der Waals surface area contributed by atoms with Crippen LogP contribution in [0.2, 0.25) is 0 Å². The van der Waals surface area contributed by atoms with Crippen LogP contribution in [0.4, 0.5) is 5.69 Å². The number of aliphatic imine (C=N–C) groups is 1. The van der Waals surface area contributed by atoms with Crippen molar-refractivity contribution in [1.29, 1.82) is 0 Å². The van der Waals surface area contributed by atoms with Gasteiger partial charge in [-0.3, -0.25) is 0 Å². The first kappa shape index (κ1) is 17.5. The van der Waals surface area contributed by atoms with E-state index >= 15 is 0 Å². The van der Waals surface area contributed by atoms with Gasteiger partial charge in [-0.15, -0.1) is 0 Å². The van der Waals surface area contributed by atoms with E-state index in [4.69, 9.17) is 10.5 Å². The molecule has 0 heterocycles. The van der Waals surface area contributed by atoms with Crippen molar-refractivity contribution in [3.63, 3.8) is 0 Å². The lowest BCUT2D eigenvalue weighted by molar-refractivity contribution is 0.0526. The van der Waals surface area contributed by atoms with Gasteiger partial charge in [0.25, 0.3) is 0 Å². The molecule has 0 aliphatic rings. The van der Waals surface area contributed by atoms with Gasteiger partial charge in [0.2, 0.25) is 0 Å². The molecule has 0 fully saturated rings. The van der Waals surface area contributed by atoms with E-state index in [-0.39, 0.29) is 5.97 Å². The van der Waals surface area contributed by atoms with Crippen molar-refractivity contribution in [2.45, 2.75) is 26.8 Å². The second-order valence-electron chi connectivity index (χ2n) is 5.29. The number of anilines is 1. The highest BCUT2D eigenvalue weighted by Gasteiger charge is 2.05. The first-order valence-electron chi connectivity index (χ1n) is 8.04. The Balaban J connectivity index is 1.92. The van der Waals surface area contributed by atoms with Crippen LogP contribution in [0.5, 0.6) is 0 Å². The minimum atomic E-state index is -0.316. The molecular weight excluding hydrogens is 302 g/mol. The Labute approximate surface area is 142 Å². The fourth-order valence-electron chi connectivity index (χ4n) is 2.15. The van der Waals surface area contributed by atoms with Crippen LogP contribution in [0, 0.1) is 0 Å². The lowest BCUT2D eigenvalue weighted by atomic mass is 10.1. The molecule has 2 aromatic carbocycles. The summed E-state index contributed by atoms with van der Waals surface area (Å²) in [7, 11) is 0. The summed E-state index contributed by atoms with van der Waals surface area (Å²) in [5.74, 6) is 0.0398. The van der Waals surface area contributed by atoms with E-state index in [0.717, 1.165) is 17.7 Å². The van der Waals surface area contributed by atoms with E-state index in [1.807, 2.05) is 24.3 Å². The Morgan fingerprint density at radius 2 is 1.67 bits per heavy atom. The first-order chi connectivity index (χ1) is 11.6. The molecule has 0 bridgehead atoms. The normalized spacial score (nSPS) is 11.2. The lowest BCUT2D eigenvalue weighted by Crippen LogP contribution is -2.22. The number of nitrogens with one attached hydrogen (secondary N) is 1. The Kier molecular flexibility index (Phi) is 6.37. The Hall–Kier alpha value is -2.82. The van der Waals surface area contributed by atoms with Crippen LogP contribution in [-0.4, -0.2) is 18.5 Å². The molecular formula is C19H23N3O2. The van der Waals surface area contributed by atoms with Crippen LogP contribution in [0.25, 0.3) is 0 Å². The number of carbonyl (C=O) groups is 1. The summed E-state index contributed by atoms with van der Waals surface area (Å²) in [6.45, 7) is 4.71. The number of carbonyl (C=O) groups excluding carboxylic acids is 1. The largest absolute Gasteiger partial charge is 0.462 e. The molecule has 0 aromatic heterocycles. The molecule has 0 saturated carbocycles. The number of nitrogens with zero attached hydrogens (tertiary/aromatic N) is 1. The molecule has 5 heteroatoms. The van der Waals surface area contributed by atoms with E-state index < -0.39 is 0 Å². The predicted molar refractivity (Wildman–Crippen MR) is 97.2 cm³/mol. The fraction of sp³-hybridized carbons (Fsp3) is 0.263. The molecule has 0 unspecified atom stereocenters. The minimum absolute atomic E-state index is 0.316. The van der Waals surface area contributed by atoms with Crippen molar-refractivity contribution in [3.05, 3.63) is 65.2 Å². The van der Waals surface area contributed by atoms with Crippen molar-refractivity contribution in [2.24, 2.45) is 10.7 Å². The molecule has 2 rings (SSSR count). The molecule has 3 N–H and O–H groups in total. The predicted octanol–water partition coefficient (Wildman–Crippen LogP) is 3.35. The number of ether oxygens (including phenoxy) is 1. The van der Waals surface area contributed by atoms with Crippen molar-refractivity contribution in [3.8, 4) is 0 Å². The van der Waals surface area contributed by atoms with Gasteiger partial charge in [-0.1, -0.05) is 31.2 Å². The molecule has 126 valence electrons. The number of hydrogen-bond donors (Lipinski definition) is 2. The van der Waals surface area contributed by atoms with Crippen LogP contribution in [0.15, 0.2) is 53.5 Å². The third kappa shape index (κ3) is 5.12. The highest BCUT2D eigenvalue weighted by atomic mass is 16.5. The van der Waals surface area contributed by atoms with Crippen molar-refractivity contribution < 1.29 is 9.53 Å². The Bertz CT molecular complexity index is 692. The fourth-order valence-corrected chi connectivity index (χ4v) is 2.15. The van der Waals surface area contributed by atoms with E-state index in [1.54, 1.807) is 19.1 Å². The van der Waals surface area contributed by atoms with Gasteiger partial charge < -0.3 is 15.8 Å². The third-order valence-corrected chi connectivity index (χ3v) is 3.53. The molecule has 2 aromatic rings. The van der Waals surface area contributed by atoms with Gasteiger partial charge in [0, 0.05) is 5.69 Å². The average molecular weight is 325 g/mol. The molecule has 0 aliphatic carbocycles. The van der Waals surface area contributed by atoms with Gasteiger partial charge in [0.15, 0.2) is 5.96 Å². The molecule has 5 nitrogen and oxygen atoms in total. The van der Waals surface area contributed by atoms with Crippen LogP contribution in [0.3, 0.4) is 0 Å². The van der Waals surface area contributed by atoms with Crippen LogP contribution in [-0.2, 0) is 17.7 Å². The second-order valence-corrected chi connectivity index (χ2v) is 5.29. The van der Waals surface area contributed by atoms with E-state index in [2.05, 4.69) is 29.4 Å². The van der Waals surface area contributed by atoms with E-state index in [9.17, 15) is 4.79 Å². The lowest BCUT2D eigenvalue weighted by Gasteiger charge is -2.07. The summed E-state index contributed by atoms with van der Waals surface area (Å²) in [6.07, 6.45) is 1.01. The van der Waals surface area contributed by atoms with Gasteiger partial charge in [-0.25, -0.2) is 9.79 Å². The topological polar surface area (TPSA) is 76.7 Å². The maximum Gasteiger partial charge on any atom is 0.338 e. The molecule has 0 radical (unpaired) electrons. The van der Waals surface area contributed by atoms with E-state index in [1.165, 1.54) is 5.56 Å². The van der Waals surface area contributed by atoms with Crippen LogP contribution < -0.4 is 11.1 Å².